The summed E-state index contributed by atoms with van der Waals surface area (Å²) in [5.41, 5.74) is 2.02. The van der Waals surface area contributed by atoms with Crippen molar-refractivity contribution in [1.82, 2.24) is 4.98 Å². The van der Waals surface area contributed by atoms with Crippen molar-refractivity contribution in [3.63, 3.8) is 0 Å². The van der Waals surface area contributed by atoms with Crippen LogP contribution in [0.1, 0.15) is 24.0 Å². The van der Waals surface area contributed by atoms with E-state index in [1.54, 1.807) is 24.5 Å². The zero-order chi connectivity index (χ0) is 16.0. The maximum absolute atomic E-state index is 10.9. The summed E-state index contributed by atoms with van der Waals surface area (Å²) in [6.45, 7) is 0. The molecule has 0 bridgehead atoms. The topological polar surface area (TPSA) is 87.5 Å². The fourth-order valence-electron chi connectivity index (χ4n) is 2.18. The monoisotopic (exact) mass is 321 g/mol. The summed E-state index contributed by atoms with van der Waals surface area (Å²) < 4.78 is 30.8. The highest BCUT2D eigenvalue weighted by Gasteiger charge is 2.09. The van der Waals surface area contributed by atoms with E-state index in [9.17, 15) is 13.5 Å². The number of rotatable bonds is 7. The molecule has 0 saturated heterocycles. The van der Waals surface area contributed by atoms with Crippen LogP contribution in [0, 0.1) is 0 Å². The standard InChI is InChI=1S/C16H19NO4S/c18-15(8-4-14-2-1-11-17-12-14)7-3-13-5-9-16(10-6-13)22(19,20)21/h1-2,5-6,9-12,15,18H,3-4,7-8H2,(H,19,20,21). The van der Waals surface area contributed by atoms with Gasteiger partial charge < -0.3 is 5.11 Å². The van der Waals surface area contributed by atoms with Gasteiger partial charge in [-0.1, -0.05) is 18.2 Å². The van der Waals surface area contributed by atoms with Gasteiger partial charge >= 0.3 is 0 Å². The zero-order valence-corrected chi connectivity index (χ0v) is 12.9. The molecule has 0 spiro atoms. The number of pyridine rings is 1. The van der Waals surface area contributed by atoms with Gasteiger partial charge in [0.1, 0.15) is 0 Å². The molecule has 0 saturated carbocycles. The van der Waals surface area contributed by atoms with Crippen LogP contribution in [-0.4, -0.2) is 29.2 Å². The fraction of sp³-hybridized carbons (Fsp3) is 0.312. The Bertz CT molecular complexity index is 684. The Balaban J connectivity index is 1.80. The minimum Gasteiger partial charge on any atom is -0.393 e. The summed E-state index contributed by atoms with van der Waals surface area (Å²) in [6, 6.07) is 9.89. The second-order valence-corrected chi connectivity index (χ2v) is 6.63. The number of aryl methyl sites for hydroxylation is 2. The van der Waals surface area contributed by atoms with E-state index in [0.717, 1.165) is 17.5 Å². The number of benzene rings is 1. The molecule has 6 heteroatoms. The van der Waals surface area contributed by atoms with E-state index in [2.05, 4.69) is 4.98 Å². The number of aromatic nitrogens is 1. The summed E-state index contributed by atoms with van der Waals surface area (Å²) in [4.78, 5) is 3.92. The highest BCUT2D eigenvalue weighted by molar-refractivity contribution is 7.85. The van der Waals surface area contributed by atoms with Crippen molar-refractivity contribution in [2.75, 3.05) is 0 Å². The van der Waals surface area contributed by atoms with E-state index in [4.69, 9.17) is 4.55 Å². The Morgan fingerprint density at radius 1 is 1.00 bits per heavy atom. The van der Waals surface area contributed by atoms with Crippen LogP contribution in [0.5, 0.6) is 0 Å². The molecule has 2 N–H and O–H groups in total. The van der Waals surface area contributed by atoms with Crippen LogP contribution in [0.15, 0.2) is 53.7 Å². The molecule has 1 unspecified atom stereocenters. The maximum atomic E-state index is 10.9. The SMILES string of the molecule is O=S(=O)(O)c1ccc(CCC(O)CCc2cccnc2)cc1. The predicted octanol–water partition coefficient (Wildman–Crippen LogP) is 2.25. The van der Waals surface area contributed by atoms with E-state index in [0.29, 0.717) is 19.3 Å². The Hall–Kier alpha value is -1.76. The molecule has 1 aromatic heterocycles. The quantitative estimate of drug-likeness (QED) is 0.764. The third-order valence-corrected chi connectivity index (χ3v) is 4.34. The van der Waals surface area contributed by atoms with Gasteiger partial charge in [0, 0.05) is 12.4 Å². The average molecular weight is 321 g/mol. The average Bonchev–Trinajstić information content (AvgIpc) is 2.51. The van der Waals surface area contributed by atoms with Crippen molar-refractivity contribution in [3.8, 4) is 0 Å². The van der Waals surface area contributed by atoms with Crippen molar-refractivity contribution in [2.24, 2.45) is 0 Å². The van der Waals surface area contributed by atoms with Crippen LogP contribution >= 0.6 is 0 Å². The molecule has 0 aliphatic rings. The maximum Gasteiger partial charge on any atom is 0.294 e. The van der Waals surface area contributed by atoms with Crippen LogP contribution in [0.25, 0.3) is 0 Å². The fourth-order valence-corrected chi connectivity index (χ4v) is 2.67. The Kier molecular flexibility index (Phi) is 5.65. The van der Waals surface area contributed by atoms with Crippen molar-refractivity contribution in [1.29, 1.82) is 0 Å². The first-order valence-electron chi connectivity index (χ1n) is 7.08. The van der Waals surface area contributed by atoms with E-state index in [-0.39, 0.29) is 4.90 Å². The zero-order valence-electron chi connectivity index (χ0n) is 12.1. The normalized spacial score (nSPS) is 13.0. The van der Waals surface area contributed by atoms with Gasteiger partial charge in [-0.2, -0.15) is 8.42 Å². The van der Waals surface area contributed by atoms with Crippen molar-refractivity contribution < 1.29 is 18.1 Å². The van der Waals surface area contributed by atoms with Crippen LogP contribution in [0.3, 0.4) is 0 Å². The summed E-state index contributed by atoms with van der Waals surface area (Å²) >= 11 is 0. The third kappa shape index (κ3) is 5.22. The van der Waals surface area contributed by atoms with Gasteiger partial charge in [0.2, 0.25) is 0 Å². The first-order valence-corrected chi connectivity index (χ1v) is 8.52. The number of hydrogen-bond acceptors (Lipinski definition) is 4. The lowest BCUT2D eigenvalue weighted by atomic mass is 10.0. The summed E-state index contributed by atoms with van der Waals surface area (Å²) in [5.74, 6) is 0. The first-order chi connectivity index (χ1) is 10.4. The summed E-state index contributed by atoms with van der Waals surface area (Å²) in [7, 11) is -4.15. The molecule has 22 heavy (non-hydrogen) atoms. The minimum atomic E-state index is -4.15. The molecule has 0 amide bonds. The van der Waals surface area contributed by atoms with E-state index >= 15 is 0 Å². The molecule has 1 atom stereocenters. The largest absolute Gasteiger partial charge is 0.393 e. The predicted molar refractivity (Wildman–Crippen MR) is 83.1 cm³/mol. The molecule has 1 aromatic carbocycles. The van der Waals surface area contributed by atoms with Gasteiger partial charge in [0.05, 0.1) is 11.0 Å². The van der Waals surface area contributed by atoms with Crippen molar-refractivity contribution >= 4 is 10.1 Å². The highest BCUT2D eigenvalue weighted by atomic mass is 32.2. The lowest BCUT2D eigenvalue weighted by Crippen LogP contribution is -2.09. The molecule has 5 nitrogen and oxygen atoms in total. The van der Waals surface area contributed by atoms with Crippen LogP contribution in [0.4, 0.5) is 0 Å². The molecule has 1 heterocycles. The van der Waals surface area contributed by atoms with E-state index in [1.807, 2.05) is 12.1 Å². The molecular formula is C16H19NO4S. The number of aliphatic hydroxyl groups excluding tert-OH is 1. The smallest absolute Gasteiger partial charge is 0.294 e. The Labute approximate surface area is 130 Å². The molecule has 0 aliphatic carbocycles. The third-order valence-electron chi connectivity index (χ3n) is 3.48. The first kappa shape index (κ1) is 16.6. The van der Waals surface area contributed by atoms with Crippen LogP contribution in [-0.2, 0) is 23.0 Å². The van der Waals surface area contributed by atoms with Gasteiger partial charge in [-0.3, -0.25) is 9.54 Å². The Morgan fingerprint density at radius 2 is 1.64 bits per heavy atom. The Morgan fingerprint density at radius 3 is 2.18 bits per heavy atom. The van der Waals surface area contributed by atoms with Crippen molar-refractivity contribution in [2.45, 2.75) is 36.7 Å². The van der Waals surface area contributed by atoms with Gasteiger partial charge in [0.15, 0.2) is 0 Å². The minimum absolute atomic E-state index is 0.117. The van der Waals surface area contributed by atoms with Gasteiger partial charge in [-0.15, -0.1) is 0 Å². The van der Waals surface area contributed by atoms with Gasteiger partial charge in [-0.25, -0.2) is 0 Å². The number of aliphatic hydroxyl groups is 1. The van der Waals surface area contributed by atoms with Crippen LogP contribution in [0.2, 0.25) is 0 Å². The lowest BCUT2D eigenvalue weighted by molar-refractivity contribution is 0.155. The van der Waals surface area contributed by atoms with Gasteiger partial charge in [0.25, 0.3) is 10.1 Å². The molecule has 0 fully saturated rings. The van der Waals surface area contributed by atoms with Crippen LogP contribution < -0.4 is 0 Å². The number of nitrogens with zero attached hydrogens (tertiary/aromatic N) is 1. The molecule has 0 radical (unpaired) electrons. The molecular weight excluding hydrogens is 302 g/mol. The lowest BCUT2D eigenvalue weighted by Gasteiger charge is -2.10. The van der Waals surface area contributed by atoms with E-state index in [1.165, 1.54) is 12.1 Å². The number of hydrogen-bond donors (Lipinski definition) is 2. The second kappa shape index (κ2) is 7.49. The van der Waals surface area contributed by atoms with Gasteiger partial charge in [-0.05, 0) is 55.0 Å². The van der Waals surface area contributed by atoms with Crippen molar-refractivity contribution in [3.05, 3.63) is 59.9 Å². The van der Waals surface area contributed by atoms with E-state index < -0.39 is 16.2 Å². The molecule has 0 aliphatic heterocycles. The summed E-state index contributed by atoms with van der Waals surface area (Å²) in [5, 5.41) is 10.00. The molecule has 2 rings (SSSR count). The molecule has 118 valence electrons. The highest BCUT2D eigenvalue weighted by Crippen LogP contribution is 2.14. The second-order valence-electron chi connectivity index (χ2n) is 5.21. The summed E-state index contributed by atoms with van der Waals surface area (Å²) in [6.07, 6.45) is 5.79. The molecule has 2 aromatic rings.